The van der Waals surface area contributed by atoms with Gasteiger partial charge in [0.05, 0.1) is 4.01 Å². The molecule has 0 spiro atoms. The molecular weight excluding hydrogens is 215 g/mol. The molecule has 0 N–H and O–H groups in total. The van der Waals surface area contributed by atoms with Crippen LogP contribution in [0.1, 0.15) is 22.2 Å². The van der Waals surface area contributed by atoms with Gasteiger partial charge >= 0.3 is 0 Å². The minimum atomic E-state index is 1.16. The number of fused-ring (bicyclic) bond motifs is 1. The van der Waals surface area contributed by atoms with Gasteiger partial charge in [-0.15, -0.1) is 31.9 Å². The zero-order chi connectivity index (χ0) is 9.59. The Morgan fingerprint density at radius 1 is 1.15 bits per heavy atom. The zero-order valence-electron chi connectivity index (χ0n) is 8.10. The summed E-state index contributed by atoms with van der Waals surface area (Å²) < 4.78 is 1.50. The van der Waals surface area contributed by atoms with Crippen molar-refractivity contribution in [2.24, 2.45) is 0 Å². The Bertz CT molecular complexity index is 451. The van der Waals surface area contributed by atoms with Crippen LogP contribution in [0.15, 0.2) is 0 Å². The van der Waals surface area contributed by atoms with Crippen LogP contribution in [-0.4, -0.2) is 0 Å². The zero-order valence-corrected chi connectivity index (χ0v) is 10.9. The molecule has 0 bridgehead atoms. The molecule has 13 heavy (non-hydrogen) atoms. The summed E-state index contributed by atoms with van der Waals surface area (Å²) >= 11 is 3.87. The molecule has 0 amide bonds. The molecule has 2 heterocycles. The van der Waals surface area contributed by atoms with Gasteiger partial charge in [0.1, 0.15) is 0 Å². The Hall–Kier alpha value is 0.0900. The number of thiophene rings is 2. The molecule has 2 aromatic heterocycles. The molecule has 0 fully saturated rings. The smallest absolute Gasteiger partial charge is 0.0879 e. The highest BCUT2D eigenvalue weighted by atomic mass is 32.2. The van der Waals surface area contributed by atoms with Crippen molar-refractivity contribution in [2.75, 3.05) is 0 Å². The van der Waals surface area contributed by atoms with Gasteiger partial charge < -0.3 is 0 Å². The Labute approximate surface area is 89.2 Å². The fourth-order valence-electron chi connectivity index (χ4n) is 1.69. The molecular formula is C10H13PS2. The maximum absolute atomic E-state index is 2.88. The van der Waals surface area contributed by atoms with Crippen LogP contribution in [0, 0.1) is 13.8 Å². The topological polar surface area (TPSA) is 0 Å². The van der Waals surface area contributed by atoms with Crippen LogP contribution in [0.2, 0.25) is 0 Å². The molecule has 0 aromatic carbocycles. The van der Waals surface area contributed by atoms with Crippen LogP contribution in [-0.2, 0) is 6.42 Å². The van der Waals surface area contributed by atoms with Gasteiger partial charge in [0.2, 0.25) is 0 Å². The lowest BCUT2D eigenvalue weighted by Crippen LogP contribution is -1.92. The molecule has 1 atom stereocenters. The van der Waals surface area contributed by atoms with Crippen molar-refractivity contribution in [2.45, 2.75) is 27.2 Å². The Morgan fingerprint density at radius 3 is 2.38 bits per heavy atom. The molecule has 0 saturated heterocycles. The van der Waals surface area contributed by atoms with Crippen molar-refractivity contribution in [3.05, 3.63) is 15.3 Å². The fraction of sp³-hybridized carbons (Fsp3) is 0.400. The Kier molecular flexibility index (Phi) is 2.48. The first-order chi connectivity index (χ1) is 6.15. The normalized spacial score (nSPS) is 11.4. The standard InChI is InChI=1S/C10H13PS2/c1-4-7-5(2)12-10-8(7)9(11)6(3)13-10/h4,11H2,1-3H3. The van der Waals surface area contributed by atoms with Crippen LogP contribution >= 0.6 is 31.9 Å². The second-order valence-corrected chi connectivity index (χ2v) is 6.51. The van der Waals surface area contributed by atoms with Crippen molar-refractivity contribution in [1.82, 2.24) is 0 Å². The molecule has 2 aromatic rings. The van der Waals surface area contributed by atoms with Gasteiger partial charge in [0.25, 0.3) is 0 Å². The van der Waals surface area contributed by atoms with Crippen LogP contribution in [0.5, 0.6) is 0 Å². The summed E-state index contributed by atoms with van der Waals surface area (Å²) in [4.78, 5) is 2.94. The second-order valence-electron chi connectivity index (χ2n) is 3.22. The number of hydrogen-bond donors (Lipinski definition) is 0. The van der Waals surface area contributed by atoms with E-state index in [0.29, 0.717) is 0 Å². The summed E-state index contributed by atoms with van der Waals surface area (Å²) in [5, 5.41) is 2.93. The molecule has 0 aliphatic heterocycles. The van der Waals surface area contributed by atoms with Gasteiger partial charge in [0.15, 0.2) is 0 Å². The molecule has 0 saturated carbocycles. The summed E-state index contributed by atoms with van der Waals surface area (Å²) in [6, 6.07) is 0. The van der Waals surface area contributed by atoms with Gasteiger partial charge in [-0.3, -0.25) is 0 Å². The lowest BCUT2D eigenvalue weighted by Gasteiger charge is -1.96. The molecule has 1 unspecified atom stereocenters. The number of rotatable bonds is 1. The van der Waals surface area contributed by atoms with Crippen molar-refractivity contribution in [3.8, 4) is 0 Å². The largest absolute Gasteiger partial charge is 0.129 e. The van der Waals surface area contributed by atoms with Gasteiger partial charge in [-0.2, -0.15) is 0 Å². The lowest BCUT2D eigenvalue weighted by molar-refractivity contribution is 1.15. The van der Waals surface area contributed by atoms with Crippen LogP contribution in [0.25, 0.3) is 9.40 Å². The first kappa shape index (κ1) is 9.64. The highest BCUT2D eigenvalue weighted by Crippen LogP contribution is 2.36. The third-order valence-corrected chi connectivity index (χ3v) is 5.71. The van der Waals surface area contributed by atoms with Gasteiger partial charge in [0, 0.05) is 15.1 Å². The van der Waals surface area contributed by atoms with Crippen LogP contribution in [0.3, 0.4) is 0 Å². The lowest BCUT2D eigenvalue weighted by atomic mass is 10.1. The van der Waals surface area contributed by atoms with Crippen molar-refractivity contribution < 1.29 is 0 Å². The summed E-state index contributed by atoms with van der Waals surface area (Å²) in [7, 11) is 2.88. The monoisotopic (exact) mass is 228 g/mol. The Morgan fingerprint density at radius 2 is 1.77 bits per heavy atom. The van der Waals surface area contributed by atoms with Gasteiger partial charge in [-0.1, -0.05) is 6.92 Å². The van der Waals surface area contributed by atoms with E-state index in [1.165, 1.54) is 24.5 Å². The molecule has 0 nitrogen and oxygen atoms in total. The predicted molar refractivity (Wildman–Crippen MR) is 67.9 cm³/mol. The third-order valence-electron chi connectivity index (χ3n) is 2.42. The SMILES string of the molecule is CCc1c(C)sc2sc(C)c(P)c12. The van der Waals surface area contributed by atoms with Gasteiger partial charge in [-0.05, 0) is 31.1 Å². The first-order valence-electron chi connectivity index (χ1n) is 4.42. The molecule has 3 heteroatoms. The average molecular weight is 228 g/mol. The molecule has 0 aliphatic rings. The van der Waals surface area contributed by atoms with Crippen LogP contribution < -0.4 is 5.30 Å². The second kappa shape index (κ2) is 3.34. The minimum absolute atomic E-state index is 1.16. The van der Waals surface area contributed by atoms with E-state index >= 15 is 0 Å². The van der Waals surface area contributed by atoms with Crippen molar-refractivity contribution >= 4 is 46.6 Å². The summed E-state index contributed by atoms with van der Waals surface area (Å²) in [5.74, 6) is 0. The summed E-state index contributed by atoms with van der Waals surface area (Å²) in [6.45, 7) is 6.68. The Balaban J connectivity index is 2.86. The fourth-order valence-corrected chi connectivity index (χ4v) is 5.12. The van der Waals surface area contributed by atoms with E-state index in [1.54, 1.807) is 5.56 Å². The highest BCUT2D eigenvalue weighted by Gasteiger charge is 2.13. The van der Waals surface area contributed by atoms with Gasteiger partial charge in [-0.25, -0.2) is 0 Å². The average Bonchev–Trinajstić information content (AvgIpc) is 2.51. The van der Waals surface area contributed by atoms with E-state index in [4.69, 9.17) is 0 Å². The van der Waals surface area contributed by atoms with Crippen molar-refractivity contribution in [3.63, 3.8) is 0 Å². The highest BCUT2D eigenvalue weighted by molar-refractivity contribution is 7.42. The van der Waals surface area contributed by atoms with Crippen LogP contribution in [0.4, 0.5) is 0 Å². The molecule has 0 aliphatic carbocycles. The maximum atomic E-state index is 2.88. The first-order valence-corrected chi connectivity index (χ1v) is 6.63. The number of hydrogen-bond acceptors (Lipinski definition) is 2. The van der Waals surface area contributed by atoms with E-state index in [-0.39, 0.29) is 0 Å². The maximum Gasteiger partial charge on any atom is 0.0879 e. The van der Waals surface area contributed by atoms with E-state index in [9.17, 15) is 0 Å². The third kappa shape index (κ3) is 1.36. The molecule has 70 valence electrons. The van der Waals surface area contributed by atoms with E-state index in [2.05, 4.69) is 30.0 Å². The minimum Gasteiger partial charge on any atom is -0.129 e. The number of aryl methyl sites for hydroxylation is 3. The van der Waals surface area contributed by atoms with E-state index < -0.39 is 0 Å². The quantitative estimate of drug-likeness (QED) is 0.654. The van der Waals surface area contributed by atoms with Crippen molar-refractivity contribution in [1.29, 1.82) is 0 Å². The summed E-state index contributed by atoms with van der Waals surface area (Å²) in [6.07, 6.45) is 1.16. The van der Waals surface area contributed by atoms with E-state index in [0.717, 1.165) is 6.42 Å². The summed E-state index contributed by atoms with van der Waals surface area (Å²) in [5.41, 5.74) is 1.55. The van der Waals surface area contributed by atoms with E-state index in [1.807, 2.05) is 22.7 Å². The molecule has 2 rings (SSSR count). The predicted octanol–water partition coefficient (Wildman–Crippen LogP) is 3.64. The molecule has 0 radical (unpaired) electrons.